The van der Waals surface area contributed by atoms with E-state index in [0.717, 1.165) is 36.9 Å². The van der Waals surface area contributed by atoms with Crippen molar-refractivity contribution in [3.8, 4) is 11.3 Å². The summed E-state index contributed by atoms with van der Waals surface area (Å²) in [6.45, 7) is 4.16. The van der Waals surface area contributed by atoms with Crippen LogP contribution >= 0.6 is 11.3 Å². The fourth-order valence-corrected chi connectivity index (χ4v) is 2.99. The lowest BCUT2D eigenvalue weighted by atomic mass is 9.99. The minimum Gasteiger partial charge on any atom is -0.302 e. The van der Waals surface area contributed by atoms with E-state index >= 15 is 0 Å². The Kier molecular flexibility index (Phi) is 6.07. The maximum Gasteiger partial charge on any atom is 0.229 e. The third kappa shape index (κ3) is 4.37. The monoisotopic (exact) mass is 320 g/mol. The first-order valence-electron chi connectivity index (χ1n) is 7.66. The molecule has 118 valence electrons. The maximum absolute atomic E-state index is 12.9. The van der Waals surface area contributed by atoms with E-state index in [0.29, 0.717) is 5.13 Å². The van der Waals surface area contributed by atoms with Crippen LogP contribution in [0, 0.1) is 11.7 Å². The van der Waals surface area contributed by atoms with Gasteiger partial charge in [0.1, 0.15) is 5.82 Å². The molecule has 0 aliphatic rings. The van der Waals surface area contributed by atoms with Crippen LogP contribution in [0.25, 0.3) is 11.3 Å². The number of aromatic nitrogens is 1. The van der Waals surface area contributed by atoms with Gasteiger partial charge in [0, 0.05) is 16.9 Å². The number of nitrogens with one attached hydrogen (secondary N) is 1. The van der Waals surface area contributed by atoms with Gasteiger partial charge < -0.3 is 5.32 Å². The Balaban J connectivity index is 2.02. The lowest BCUT2D eigenvalue weighted by Gasteiger charge is -2.12. The van der Waals surface area contributed by atoms with Gasteiger partial charge in [0.15, 0.2) is 5.13 Å². The van der Waals surface area contributed by atoms with Crippen LogP contribution in [0.2, 0.25) is 0 Å². The van der Waals surface area contributed by atoms with Gasteiger partial charge in [-0.15, -0.1) is 11.3 Å². The fourth-order valence-electron chi connectivity index (χ4n) is 2.26. The van der Waals surface area contributed by atoms with E-state index in [9.17, 15) is 9.18 Å². The molecule has 1 atom stereocenters. The van der Waals surface area contributed by atoms with E-state index in [1.54, 1.807) is 12.1 Å². The number of hydrogen-bond donors (Lipinski definition) is 1. The van der Waals surface area contributed by atoms with Crippen molar-refractivity contribution in [3.05, 3.63) is 35.5 Å². The first kappa shape index (κ1) is 16.6. The van der Waals surface area contributed by atoms with Gasteiger partial charge in [0.05, 0.1) is 5.69 Å². The van der Waals surface area contributed by atoms with Crippen LogP contribution in [0.15, 0.2) is 29.6 Å². The van der Waals surface area contributed by atoms with Crippen LogP contribution in [0.5, 0.6) is 0 Å². The van der Waals surface area contributed by atoms with Crippen LogP contribution in [0.1, 0.15) is 39.5 Å². The number of unbranched alkanes of at least 4 members (excludes halogenated alkanes) is 1. The van der Waals surface area contributed by atoms with Gasteiger partial charge in [-0.05, 0) is 37.1 Å². The van der Waals surface area contributed by atoms with Crippen molar-refractivity contribution in [2.24, 2.45) is 5.92 Å². The zero-order valence-electron chi connectivity index (χ0n) is 12.9. The van der Waals surface area contributed by atoms with Crippen molar-refractivity contribution in [3.63, 3.8) is 0 Å². The molecule has 1 amide bonds. The Morgan fingerprint density at radius 2 is 2.05 bits per heavy atom. The summed E-state index contributed by atoms with van der Waals surface area (Å²) in [5.41, 5.74) is 1.60. The number of carbonyl (C=O) groups is 1. The second-order valence-corrected chi connectivity index (χ2v) is 6.14. The molecule has 1 aromatic heterocycles. The van der Waals surface area contributed by atoms with Gasteiger partial charge in [-0.25, -0.2) is 9.37 Å². The molecule has 0 aliphatic carbocycles. The molecule has 0 fully saturated rings. The van der Waals surface area contributed by atoms with Gasteiger partial charge in [-0.3, -0.25) is 4.79 Å². The highest BCUT2D eigenvalue weighted by atomic mass is 32.1. The van der Waals surface area contributed by atoms with Crippen molar-refractivity contribution in [1.29, 1.82) is 0 Å². The predicted molar refractivity (Wildman–Crippen MR) is 89.4 cm³/mol. The van der Waals surface area contributed by atoms with Crippen molar-refractivity contribution < 1.29 is 9.18 Å². The Morgan fingerprint density at radius 1 is 1.32 bits per heavy atom. The molecule has 0 saturated heterocycles. The molecule has 0 unspecified atom stereocenters. The Labute approximate surface area is 134 Å². The normalized spacial score (nSPS) is 12.1. The van der Waals surface area contributed by atoms with Crippen LogP contribution in [-0.2, 0) is 4.79 Å². The summed E-state index contributed by atoms with van der Waals surface area (Å²) in [5, 5.41) is 5.37. The number of anilines is 1. The molecule has 0 saturated carbocycles. The molecular formula is C17H21FN2OS. The molecule has 0 bridgehead atoms. The van der Waals surface area contributed by atoms with Gasteiger partial charge in [-0.1, -0.05) is 26.7 Å². The minimum absolute atomic E-state index is 0.0379. The number of carbonyl (C=O) groups excluding carboxylic acids is 1. The fraction of sp³-hybridized carbons (Fsp3) is 0.412. The van der Waals surface area contributed by atoms with Crippen molar-refractivity contribution in [2.45, 2.75) is 39.5 Å². The highest BCUT2D eigenvalue weighted by Gasteiger charge is 2.17. The molecule has 1 N–H and O–H groups in total. The number of nitrogens with zero attached hydrogens (tertiary/aromatic N) is 1. The number of benzene rings is 1. The van der Waals surface area contributed by atoms with Crippen LogP contribution in [-0.4, -0.2) is 10.9 Å². The highest BCUT2D eigenvalue weighted by Crippen LogP contribution is 2.26. The first-order chi connectivity index (χ1) is 10.6. The van der Waals surface area contributed by atoms with Gasteiger partial charge in [-0.2, -0.15) is 0 Å². The largest absolute Gasteiger partial charge is 0.302 e. The average Bonchev–Trinajstić information content (AvgIpc) is 2.97. The molecule has 5 heteroatoms. The third-order valence-corrected chi connectivity index (χ3v) is 4.40. The Bertz CT molecular complexity index is 609. The van der Waals surface area contributed by atoms with E-state index in [-0.39, 0.29) is 17.6 Å². The number of thiazole rings is 1. The lowest BCUT2D eigenvalue weighted by molar-refractivity contribution is -0.120. The third-order valence-electron chi connectivity index (χ3n) is 3.64. The molecule has 1 aromatic carbocycles. The molecule has 22 heavy (non-hydrogen) atoms. The number of halogens is 1. The number of rotatable bonds is 7. The van der Waals surface area contributed by atoms with Gasteiger partial charge in [0.2, 0.25) is 5.91 Å². The van der Waals surface area contributed by atoms with E-state index in [1.807, 2.05) is 12.3 Å². The Hall–Kier alpha value is -1.75. The molecule has 2 aromatic rings. The van der Waals surface area contributed by atoms with Crippen LogP contribution in [0.4, 0.5) is 9.52 Å². The SMILES string of the molecule is CCCC[C@H](CC)C(=O)Nc1nc(-c2ccc(F)cc2)cs1. The zero-order valence-corrected chi connectivity index (χ0v) is 13.8. The molecule has 0 radical (unpaired) electrons. The number of hydrogen-bond acceptors (Lipinski definition) is 3. The lowest BCUT2D eigenvalue weighted by Crippen LogP contribution is -2.22. The summed E-state index contributed by atoms with van der Waals surface area (Å²) in [6, 6.07) is 6.19. The summed E-state index contributed by atoms with van der Waals surface area (Å²) < 4.78 is 12.9. The van der Waals surface area contributed by atoms with Crippen molar-refractivity contribution in [2.75, 3.05) is 5.32 Å². The van der Waals surface area contributed by atoms with Crippen molar-refractivity contribution in [1.82, 2.24) is 4.98 Å². The summed E-state index contributed by atoms with van der Waals surface area (Å²) in [7, 11) is 0. The Morgan fingerprint density at radius 3 is 2.68 bits per heavy atom. The summed E-state index contributed by atoms with van der Waals surface area (Å²) in [6.07, 6.45) is 3.90. The second-order valence-electron chi connectivity index (χ2n) is 5.28. The van der Waals surface area contributed by atoms with E-state index in [1.165, 1.54) is 23.5 Å². The second kappa shape index (κ2) is 8.03. The molecule has 0 aliphatic heterocycles. The molecule has 3 nitrogen and oxygen atoms in total. The van der Waals surface area contributed by atoms with E-state index in [2.05, 4.69) is 17.2 Å². The van der Waals surface area contributed by atoms with E-state index < -0.39 is 0 Å². The molecule has 0 spiro atoms. The van der Waals surface area contributed by atoms with E-state index in [4.69, 9.17) is 0 Å². The highest BCUT2D eigenvalue weighted by molar-refractivity contribution is 7.14. The summed E-state index contributed by atoms with van der Waals surface area (Å²) in [4.78, 5) is 16.7. The molecule has 2 rings (SSSR count). The molecular weight excluding hydrogens is 299 g/mol. The summed E-state index contributed by atoms with van der Waals surface area (Å²) >= 11 is 1.39. The van der Waals surface area contributed by atoms with Crippen molar-refractivity contribution >= 4 is 22.4 Å². The van der Waals surface area contributed by atoms with Crippen LogP contribution in [0.3, 0.4) is 0 Å². The zero-order chi connectivity index (χ0) is 15.9. The predicted octanol–water partition coefficient (Wildman–Crippen LogP) is 5.10. The van der Waals surface area contributed by atoms with Gasteiger partial charge in [0.25, 0.3) is 0 Å². The van der Waals surface area contributed by atoms with Gasteiger partial charge >= 0.3 is 0 Å². The molecule has 1 heterocycles. The maximum atomic E-state index is 12.9. The number of amides is 1. The van der Waals surface area contributed by atoms with Crippen LogP contribution < -0.4 is 5.32 Å². The summed E-state index contributed by atoms with van der Waals surface area (Å²) in [5.74, 6) is -0.191. The smallest absolute Gasteiger partial charge is 0.229 e. The first-order valence-corrected chi connectivity index (χ1v) is 8.54. The standard InChI is InChI=1S/C17H21FN2OS/c1-3-5-6-12(4-2)16(21)20-17-19-15(11-22-17)13-7-9-14(18)10-8-13/h7-12H,3-6H2,1-2H3,(H,19,20,21)/t12-/m0/s1. The minimum atomic E-state index is -0.269. The quantitative estimate of drug-likeness (QED) is 0.771. The average molecular weight is 320 g/mol. The topological polar surface area (TPSA) is 42.0 Å².